The number of para-hydroxylation sites is 1. The Morgan fingerprint density at radius 3 is 2.57 bits per heavy atom. The van der Waals surface area contributed by atoms with Crippen LogP contribution < -0.4 is 14.4 Å². The number of fused-ring (bicyclic) bond motifs is 1. The van der Waals surface area contributed by atoms with Crippen LogP contribution in [0.5, 0.6) is 5.75 Å². The molecular formula is C25H31N5O6S. The first-order valence-electron chi connectivity index (χ1n) is 12.1. The summed E-state index contributed by atoms with van der Waals surface area (Å²) in [5, 5.41) is 0.821. The van der Waals surface area contributed by atoms with Gasteiger partial charge in [-0.3, -0.25) is 9.36 Å². The van der Waals surface area contributed by atoms with Crippen LogP contribution in [0.3, 0.4) is 0 Å². The Morgan fingerprint density at radius 2 is 1.86 bits per heavy atom. The predicted molar refractivity (Wildman–Crippen MR) is 138 cm³/mol. The van der Waals surface area contributed by atoms with Crippen molar-refractivity contribution < 1.29 is 27.5 Å². The summed E-state index contributed by atoms with van der Waals surface area (Å²) < 4.78 is 38.5. The Balaban J connectivity index is 1.44. The van der Waals surface area contributed by atoms with Gasteiger partial charge in [-0.2, -0.15) is 0 Å². The summed E-state index contributed by atoms with van der Waals surface area (Å²) in [5.74, 6) is 0.0614. The topological polar surface area (TPSA) is 133 Å². The van der Waals surface area contributed by atoms with Crippen molar-refractivity contribution in [3.63, 3.8) is 0 Å². The minimum absolute atomic E-state index is 0.0814. The van der Waals surface area contributed by atoms with Crippen molar-refractivity contribution in [3.8, 4) is 5.75 Å². The number of nitrogens with zero attached hydrogens (tertiary/aromatic N) is 4. The number of benzene rings is 1. The van der Waals surface area contributed by atoms with Gasteiger partial charge < -0.3 is 14.4 Å². The Morgan fingerprint density at radius 1 is 1.14 bits per heavy atom. The van der Waals surface area contributed by atoms with E-state index in [-0.39, 0.29) is 35.8 Å². The Hall–Kier alpha value is -3.51. The molecule has 0 bridgehead atoms. The molecule has 11 nitrogen and oxygen atoms in total. The van der Waals surface area contributed by atoms with Crippen LogP contribution in [0.25, 0.3) is 11.0 Å². The third-order valence-corrected chi connectivity index (χ3v) is 8.23. The molecule has 1 aliphatic carbocycles. The number of carbonyl (C=O) groups excluding carboxylic acids is 2. The van der Waals surface area contributed by atoms with Crippen LogP contribution in [0.1, 0.15) is 43.0 Å². The highest BCUT2D eigenvalue weighted by atomic mass is 32.2. The zero-order valence-corrected chi connectivity index (χ0v) is 21.9. The first kappa shape index (κ1) is 26.6. The Bertz CT molecular complexity index is 1380. The Labute approximate surface area is 215 Å². The van der Waals surface area contributed by atoms with Gasteiger partial charge in [-0.05, 0) is 56.8 Å². The van der Waals surface area contributed by atoms with Crippen LogP contribution in [-0.4, -0.2) is 60.8 Å². The minimum atomic E-state index is -3.22. The number of aromatic nitrogens is 3. The molecule has 1 aliphatic rings. The van der Waals surface area contributed by atoms with Crippen molar-refractivity contribution in [2.75, 3.05) is 24.7 Å². The monoisotopic (exact) mass is 529 g/mol. The van der Waals surface area contributed by atoms with E-state index in [2.05, 4.69) is 19.6 Å². The molecular weight excluding hydrogens is 498 g/mol. The number of ether oxygens (including phenoxy) is 2. The van der Waals surface area contributed by atoms with Gasteiger partial charge in [-0.15, -0.1) is 0 Å². The fraction of sp³-hybridized carbons (Fsp3) is 0.440. The molecule has 37 heavy (non-hydrogen) atoms. The summed E-state index contributed by atoms with van der Waals surface area (Å²) in [6.45, 7) is 1.18. The SMILES string of the molecule is CNS(=O)(=O)CC1CCC(N(C)c2ncnc3c2ccn3COC(=O)c2ccccc2OC(C)=O)CC1. The molecule has 0 radical (unpaired) electrons. The van der Waals surface area contributed by atoms with E-state index in [1.54, 1.807) is 22.9 Å². The molecule has 0 aliphatic heterocycles. The van der Waals surface area contributed by atoms with Crippen molar-refractivity contribution in [3.05, 3.63) is 48.4 Å². The fourth-order valence-corrected chi connectivity index (χ4v) is 5.85. The van der Waals surface area contributed by atoms with E-state index in [1.165, 1.54) is 32.4 Å². The summed E-state index contributed by atoms with van der Waals surface area (Å²) in [5.41, 5.74) is 0.772. The van der Waals surface area contributed by atoms with Crippen molar-refractivity contribution in [2.24, 2.45) is 5.92 Å². The van der Waals surface area contributed by atoms with Crippen LogP contribution >= 0.6 is 0 Å². The molecule has 0 saturated heterocycles. The molecule has 3 aromatic rings. The molecule has 1 fully saturated rings. The molecule has 2 heterocycles. The first-order chi connectivity index (χ1) is 17.7. The summed E-state index contributed by atoms with van der Waals surface area (Å²) in [7, 11) is 0.218. The summed E-state index contributed by atoms with van der Waals surface area (Å²) in [6.07, 6.45) is 6.65. The maximum absolute atomic E-state index is 12.7. The minimum Gasteiger partial charge on any atom is -0.440 e. The highest BCUT2D eigenvalue weighted by Crippen LogP contribution is 2.32. The van der Waals surface area contributed by atoms with Gasteiger partial charge in [0.1, 0.15) is 29.1 Å². The molecule has 198 valence electrons. The molecule has 1 aromatic carbocycles. The van der Waals surface area contributed by atoms with E-state index in [4.69, 9.17) is 9.47 Å². The molecule has 0 atom stereocenters. The van der Waals surface area contributed by atoms with E-state index >= 15 is 0 Å². The molecule has 12 heteroatoms. The third-order valence-electron chi connectivity index (χ3n) is 6.69. The lowest BCUT2D eigenvalue weighted by Gasteiger charge is -2.35. The lowest BCUT2D eigenvalue weighted by Crippen LogP contribution is -2.38. The van der Waals surface area contributed by atoms with E-state index in [9.17, 15) is 18.0 Å². The van der Waals surface area contributed by atoms with E-state index in [0.29, 0.717) is 5.65 Å². The quantitative estimate of drug-likeness (QED) is 0.328. The molecule has 0 unspecified atom stereocenters. The number of hydrogen-bond donors (Lipinski definition) is 1. The second kappa shape index (κ2) is 11.3. The summed E-state index contributed by atoms with van der Waals surface area (Å²) in [4.78, 5) is 35.0. The second-order valence-electron chi connectivity index (χ2n) is 9.14. The Kier molecular flexibility index (Phi) is 8.08. The van der Waals surface area contributed by atoms with Crippen molar-refractivity contribution in [2.45, 2.75) is 45.4 Å². The standard InChI is InChI=1S/C25H31N5O6S/c1-17(31)36-22-7-5-4-6-20(22)25(32)35-16-30-13-12-21-23(27-15-28-24(21)30)29(3)19-10-8-18(9-11-19)14-37(33,34)26-2/h4-7,12-13,15,18-19,26H,8-11,14,16H2,1-3H3. The van der Waals surface area contributed by atoms with Gasteiger partial charge in [0, 0.05) is 26.2 Å². The molecule has 4 rings (SSSR count). The number of anilines is 1. The highest BCUT2D eigenvalue weighted by molar-refractivity contribution is 7.89. The molecule has 1 N–H and O–H groups in total. The third kappa shape index (κ3) is 6.25. The zero-order valence-electron chi connectivity index (χ0n) is 21.1. The van der Waals surface area contributed by atoms with Crippen molar-refractivity contribution in [1.82, 2.24) is 19.3 Å². The van der Waals surface area contributed by atoms with Crippen LogP contribution in [0.4, 0.5) is 5.82 Å². The van der Waals surface area contributed by atoms with Gasteiger partial charge in [0.15, 0.2) is 6.73 Å². The van der Waals surface area contributed by atoms with Gasteiger partial charge in [0.25, 0.3) is 0 Å². The van der Waals surface area contributed by atoms with Gasteiger partial charge in [-0.25, -0.2) is 27.9 Å². The maximum atomic E-state index is 12.7. The van der Waals surface area contributed by atoms with Crippen molar-refractivity contribution in [1.29, 1.82) is 0 Å². The molecule has 0 amide bonds. The average Bonchev–Trinajstić information content (AvgIpc) is 3.30. The summed E-state index contributed by atoms with van der Waals surface area (Å²) in [6, 6.07) is 8.51. The van der Waals surface area contributed by atoms with Gasteiger partial charge in [0.2, 0.25) is 10.0 Å². The number of sulfonamides is 1. The first-order valence-corrected chi connectivity index (χ1v) is 13.7. The number of rotatable bonds is 9. The maximum Gasteiger partial charge on any atom is 0.343 e. The van der Waals surface area contributed by atoms with Gasteiger partial charge in [-0.1, -0.05) is 12.1 Å². The number of hydrogen-bond acceptors (Lipinski definition) is 9. The normalized spacial score (nSPS) is 17.9. The number of carbonyl (C=O) groups is 2. The molecule has 0 spiro atoms. The highest BCUT2D eigenvalue weighted by Gasteiger charge is 2.28. The van der Waals surface area contributed by atoms with E-state index in [0.717, 1.165) is 36.9 Å². The predicted octanol–water partition coefficient (Wildman–Crippen LogP) is 2.72. The second-order valence-corrected chi connectivity index (χ2v) is 11.1. The molecule has 1 saturated carbocycles. The van der Waals surface area contributed by atoms with Crippen LogP contribution in [-0.2, 0) is 26.3 Å². The van der Waals surface area contributed by atoms with Gasteiger partial charge >= 0.3 is 11.9 Å². The van der Waals surface area contributed by atoms with Gasteiger partial charge in [0.05, 0.1) is 11.1 Å². The number of esters is 2. The van der Waals surface area contributed by atoms with Crippen LogP contribution in [0.15, 0.2) is 42.9 Å². The lowest BCUT2D eigenvalue weighted by atomic mass is 9.86. The van der Waals surface area contributed by atoms with E-state index in [1.807, 2.05) is 13.1 Å². The van der Waals surface area contributed by atoms with Crippen LogP contribution in [0, 0.1) is 5.92 Å². The largest absolute Gasteiger partial charge is 0.440 e. The fourth-order valence-electron chi connectivity index (χ4n) is 4.73. The zero-order chi connectivity index (χ0) is 26.6. The molecule has 2 aromatic heterocycles. The smallest absolute Gasteiger partial charge is 0.343 e. The number of nitrogens with one attached hydrogen (secondary N) is 1. The van der Waals surface area contributed by atoms with Crippen LogP contribution in [0.2, 0.25) is 0 Å². The summed E-state index contributed by atoms with van der Waals surface area (Å²) >= 11 is 0. The lowest BCUT2D eigenvalue weighted by molar-refractivity contribution is -0.131. The van der Waals surface area contributed by atoms with E-state index < -0.39 is 22.0 Å². The average molecular weight is 530 g/mol. The van der Waals surface area contributed by atoms with Crippen molar-refractivity contribution >= 4 is 38.8 Å².